The predicted molar refractivity (Wildman–Crippen MR) is 108 cm³/mol. The molecule has 2 aliphatic carbocycles. The van der Waals surface area contributed by atoms with Crippen molar-refractivity contribution in [2.45, 2.75) is 95.6 Å². The lowest BCUT2D eigenvalue weighted by atomic mass is 9.75. The predicted octanol–water partition coefficient (Wildman–Crippen LogP) is 5.61. The number of thiocarbonyl (C=S) groups is 1. The minimum atomic E-state index is -0.150. The Hall–Kier alpha value is -0.930. The summed E-state index contributed by atoms with van der Waals surface area (Å²) < 4.78 is 5.48. The summed E-state index contributed by atoms with van der Waals surface area (Å²) in [5, 5.41) is 2.37. The van der Waals surface area contributed by atoms with Gasteiger partial charge in [-0.15, -0.1) is 0 Å². The van der Waals surface area contributed by atoms with Crippen LogP contribution in [0.25, 0.3) is 0 Å². The van der Waals surface area contributed by atoms with Crippen molar-refractivity contribution in [2.24, 2.45) is 16.8 Å². The molecule has 0 aromatic carbocycles. The summed E-state index contributed by atoms with van der Waals surface area (Å²) >= 11 is 4.63. The molecule has 4 nitrogen and oxygen atoms in total. The van der Waals surface area contributed by atoms with Gasteiger partial charge in [-0.05, 0) is 43.3 Å². The van der Waals surface area contributed by atoms with E-state index in [4.69, 9.17) is 4.74 Å². The topological polar surface area (TPSA) is 41.9 Å². The van der Waals surface area contributed by atoms with Gasteiger partial charge < -0.3 is 9.64 Å². The summed E-state index contributed by atoms with van der Waals surface area (Å²) in [7, 11) is 0. The van der Waals surface area contributed by atoms with Crippen LogP contribution in [0.1, 0.15) is 83.5 Å². The Labute approximate surface area is 163 Å². The zero-order valence-electron chi connectivity index (χ0n) is 16.0. The number of cyclic esters (lactones) is 1. The zero-order valence-corrected chi connectivity index (χ0v) is 16.9. The average molecular weight is 379 g/mol. The minimum Gasteiger partial charge on any atom is -0.442 e. The molecule has 3 unspecified atom stereocenters. The molecule has 3 atom stereocenters. The smallest absolute Gasteiger partial charge is 0.410 e. The lowest BCUT2D eigenvalue weighted by Crippen LogP contribution is -2.38. The molecule has 3 aliphatic rings. The second-order valence-electron chi connectivity index (χ2n) is 8.47. The van der Waals surface area contributed by atoms with Crippen LogP contribution < -0.4 is 0 Å². The fourth-order valence-electron chi connectivity index (χ4n) is 5.30. The second kappa shape index (κ2) is 10.4. The molecule has 3 rings (SSSR count). The first-order valence-corrected chi connectivity index (χ1v) is 11.2. The summed E-state index contributed by atoms with van der Waals surface area (Å²) in [5.41, 5.74) is 0. The van der Waals surface area contributed by atoms with Crippen LogP contribution in [0.3, 0.4) is 0 Å². The SMILES string of the molecule is O=C1OC(CN=C=S)CN1C1CCCCC(C2CCCCCCC2)CC1. The summed E-state index contributed by atoms with van der Waals surface area (Å²) in [6.07, 6.45) is 17.2. The fraction of sp³-hybridized carbons (Fsp3) is 0.905. The summed E-state index contributed by atoms with van der Waals surface area (Å²) in [4.78, 5) is 18.3. The summed E-state index contributed by atoms with van der Waals surface area (Å²) in [5.74, 6) is 1.79. The van der Waals surface area contributed by atoms with E-state index in [0.717, 1.165) is 24.7 Å². The molecule has 0 bridgehead atoms. The van der Waals surface area contributed by atoms with Crippen molar-refractivity contribution in [3.8, 4) is 0 Å². The first-order valence-electron chi connectivity index (χ1n) is 10.8. The highest BCUT2D eigenvalue weighted by atomic mass is 32.1. The van der Waals surface area contributed by atoms with Gasteiger partial charge in [0.1, 0.15) is 6.10 Å². The van der Waals surface area contributed by atoms with Crippen LogP contribution in [-0.4, -0.2) is 41.4 Å². The van der Waals surface area contributed by atoms with Gasteiger partial charge in [0.25, 0.3) is 0 Å². The quantitative estimate of drug-likeness (QED) is 0.472. The first kappa shape index (κ1) is 19.8. The van der Waals surface area contributed by atoms with Crippen molar-refractivity contribution in [1.29, 1.82) is 0 Å². The van der Waals surface area contributed by atoms with E-state index >= 15 is 0 Å². The molecule has 0 N–H and O–H groups in total. The van der Waals surface area contributed by atoms with Gasteiger partial charge >= 0.3 is 6.09 Å². The molecule has 1 aliphatic heterocycles. The van der Waals surface area contributed by atoms with Gasteiger partial charge in [-0.25, -0.2) is 9.79 Å². The van der Waals surface area contributed by atoms with Gasteiger partial charge in [0.2, 0.25) is 0 Å². The lowest BCUT2D eigenvalue weighted by molar-refractivity contribution is 0.122. The van der Waals surface area contributed by atoms with E-state index in [-0.39, 0.29) is 12.2 Å². The second-order valence-corrected chi connectivity index (χ2v) is 8.65. The Morgan fingerprint density at radius 1 is 0.923 bits per heavy atom. The number of nitrogens with zero attached hydrogens (tertiary/aromatic N) is 2. The van der Waals surface area contributed by atoms with Gasteiger partial charge in [0.15, 0.2) is 0 Å². The number of rotatable bonds is 4. The number of carbonyl (C=O) groups is 1. The summed E-state index contributed by atoms with van der Waals surface area (Å²) in [6, 6.07) is 0.348. The van der Waals surface area contributed by atoms with E-state index in [1.807, 2.05) is 4.90 Å². The van der Waals surface area contributed by atoms with Gasteiger partial charge in [-0.2, -0.15) is 0 Å². The van der Waals surface area contributed by atoms with Crippen LogP contribution in [0.2, 0.25) is 0 Å². The largest absolute Gasteiger partial charge is 0.442 e. The Bertz CT molecular complexity index is 498. The van der Waals surface area contributed by atoms with Crippen molar-refractivity contribution in [1.82, 2.24) is 4.90 Å². The Morgan fingerprint density at radius 3 is 2.27 bits per heavy atom. The number of amides is 1. The number of hydrogen-bond acceptors (Lipinski definition) is 4. The Balaban J connectivity index is 1.55. The molecular weight excluding hydrogens is 344 g/mol. The Kier molecular flexibility index (Phi) is 7.94. The van der Waals surface area contributed by atoms with Crippen LogP contribution >= 0.6 is 12.2 Å². The molecule has 3 fully saturated rings. The van der Waals surface area contributed by atoms with Crippen molar-refractivity contribution < 1.29 is 9.53 Å². The van der Waals surface area contributed by atoms with Crippen molar-refractivity contribution >= 4 is 23.5 Å². The molecule has 2 saturated carbocycles. The van der Waals surface area contributed by atoms with E-state index in [1.54, 1.807) is 0 Å². The molecule has 1 saturated heterocycles. The van der Waals surface area contributed by atoms with Crippen molar-refractivity contribution in [2.75, 3.05) is 13.1 Å². The van der Waals surface area contributed by atoms with Crippen LogP contribution in [-0.2, 0) is 4.74 Å². The van der Waals surface area contributed by atoms with Crippen molar-refractivity contribution in [3.05, 3.63) is 0 Å². The third-order valence-electron chi connectivity index (χ3n) is 6.75. The average Bonchev–Trinajstić information content (AvgIpc) is 2.95. The first-order chi connectivity index (χ1) is 12.8. The maximum atomic E-state index is 12.3. The molecule has 1 amide bonds. The molecule has 146 valence electrons. The minimum absolute atomic E-state index is 0.148. The molecular formula is C21H34N2O2S. The Morgan fingerprint density at radius 2 is 1.54 bits per heavy atom. The highest BCUT2D eigenvalue weighted by Gasteiger charge is 2.36. The van der Waals surface area contributed by atoms with Gasteiger partial charge in [0, 0.05) is 6.04 Å². The number of hydrogen-bond donors (Lipinski definition) is 0. The maximum Gasteiger partial charge on any atom is 0.410 e. The standard InChI is InChI=1S/C21H34N2O2S/c24-21-23(15-20(25-21)14-22-16-26)19-11-7-6-10-18(12-13-19)17-8-4-2-1-3-5-9-17/h17-20H,1-15H2. The number of carbonyl (C=O) groups excluding carboxylic acids is 1. The molecule has 5 heteroatoms. The van der Waals surface area contributed by atoms with E-state index in [2.05, 4.69) is 22.4 Å². The summed E-state index contributed by atoms with van der Waals surface area (Å²) in [6.45, 7) is 1.11. The van der Waals surface area contributed by atoms with E-state index in [1.165, 1.54) is 70.6 Å². The lowest BCUT2D eigenvalue weighted by Gasteiger charge is -2.34. The molecule has 1 heterocycles. The van der Waals surface area contributed by atoms with E-state index in [9.17, 15) is 4.79 Å². The van der Waals surface area contributed by atoms with Crippen LogP contribution in [0.15, 0.2) is 4.99 Å². The highest BCUT2D eigenvalue weighted by molar-refractivity contribution is 7.78. The number of ether oxygens (including phenoxy) is 1. The molecule has 0 aromatic heterocycles. The highest BCUT2D eigenvalue weighted by Crippen LogP contribution is 2.37. The zero-order chi connectivity index (χ0) is 18.2. The molecule has 0 aromatic rings. The van der Waals surface area contributed by atoms with Crippen molar-refractivity contribution in [3.63, 3.8) is 0 Å². The third kappa shape index (κ3) is 5.53. The molecule has 0 spiro atoms. The van der Waals surface area contributed by atoms with Gasteiger partial charge in [-0.1, -0.05) is 64.2 Å². The monoisotopic (exact) mass is 378 g/mol. The van der Waals surface area contributed by atoms with Crippen LogP contribution in [0, 0.1) is 11.8 Å². The van der Waals surface area contributed by atoms with E-state index < -0.39 is 0 Å². The van der Waals surface area contributed by atoms with Gasteiger partial charge in [-0.3, -0.25) is 0 Å². The van der Waals surface area contributed by atoms with Crippen LogP contribution in [0.5, 0.6) is 0 Å². The normalized spacial score (nSPS) is 31.9. The molecule has 0 radical (unpaired) electrons. The number of isothiocyanates is 1. The number of aliphatic imine (C=N–C) groups is 1. The van der Waals surface area contributed by atoms with E-state index in [0.29, 0.717) is 19.1 Å². The fourth-order valence-corrected chi connectivity index (χ4v) is 5.37. The molecule has 26 heavy (non-hydrogen) atoms. The van der Waals surface area contributed by atoms with Gasteiger partial charge in [0.05, 0.1) is 18.3 Å². The maximum absolute atomic E-state index is 12.3. The third-order valence-corrected chi connectivity index (χ3v) is 6.88. The van der Waals surface area contributed by atoms with Crippen LogP contribution in [0.4, 0.5) is 4.79 Å².